The first-order chi connectivity index (χ1) is 31.1. The molecule has 5 aromatic carbocycles. The summed E-state index contributed by atoms with van der Waals surface area (Å²) in [5, 5.41) is 22.4. The maximum Gasteiger partial charge on any atom is 0.414 e. The Kier molecular flexibility index (Phi) is 19.4. The molecular weight excluding hydrogens is 854 g/mol. The average molecular weight is 902 g/mol. The number of carbonyl (C=O) groups is 2. The molecular formula is C50H47BCl2N2O9. The monoisotopic (exact) mass is 900 g/mol. The topological polar surface area (TPSA) is 134 Å². The second-order valence-corrected chi connectivity index (χ2v) is 14.5. The lowest BCUT2D eigenvalue weighted by molar-refractivity contribution is -0.892. The largest absolute Gasteiger partial charge is 0.871 e. The molecule has 0 amide bonds. The van der Waals surface area contributed by atoms with Gasteiger partial charge in [-0.15, -0.1) is 0 Å². The summed E-state index contributed by atoms with van der Waals surface area (Å²) in [6.07, 6.45) is 4.65. The molecule has 0 saturated carbocycles. The first-order valence-corrected chi connectivity index (χ1v) is 21.2. The van der Waals surface area contributed by atoms with Gasteiger partial charge in [-0.05, 0) is 91.9 Å². The minimum Gasteiger partial charge on any atom is -0.871 e. The van der Waals surface area contributed by atoms with Crippen molar-refractivity contribution < 1.29 is 52.9 Å². The van der Waals surface area contributed by atoms with Gasteiger partial charge in [0, 0.05) is 55.8 Å². The van der Waals surface area contributed by atoms with Crippen LogP contribution in [0.5, 0.6) is 11.5 Å². The van der Waals surface area contributed by atoms with E-state index in [2.05, 4.69) is 36.4 Å². The molecule has 2 aromatic heterocycles. The molecule has 11 nitrogen and oxygen atoms in total. The summed E-state index contributed by atoms with van der Waals surface area (Å²) in [4.78, 5) is 34.7. The first-order valence-electron chi connectivity index (χ1n) is 20.5. The van der Waals surface area contributed by atoms with Crippen molar-refractivity contribution in [1.82, 2.24) is 0 Å². The van der Waals surface area contributed by atoms with Gasteiger partial charge in [0.25, 0.3) is 0 Å². The number of ether oxygens (including phenoxy) is 2. The Morgan fingerprint density at radius 1 is 0.547 bits per heavy atom. The van der Waals surface area contributed by atoms with Gasteiger partial charge in [0.2, 0.25) is 12.4 Å². The van der Waals surface area contributed by atoms with Crippen LogP contribution in [0.2, 0.25) is 10.0 Å². The van der Waals surface area contributed by atoms with E-state index in [4.69, 9.17) is 47.0 Å². The van der Waals surface area contributed by atoms with Crippen molar-refractivity contribution in [3.63, 3.8) is 0 Å². The number of nitrogens with zero attached hydrogens (tertiary/aromatic N) is 2. The van der Waals surface area contributed by atoms with Gasteiger partial charge < -0.3 is 24.2 Å². The molecule has 64 heavy (non-hydrogen) atoms. The lowest BCUT2D eigenvalue weighted by atomic mass is 9.67. The molecule has 0 bridgehead atoms. The zero-order valence-corrected chi connectivity index (χ0v) is 36.8. The first kappa shape index (κ1) is 48.5. The Labute approximate surface area is 383 Å². The Hall–Kier alpha value is -6.54. The minimum absolute atomic E-state index is 0.159. The summed E-state index contributed by atoms with van der Waals surface area (Å²) in [6.45, 7) is 4.74. The summed E-state index contributed by atoms with van der Waals surface area (Å²) < 4.78 is 18.0. The highest BCUT2D eigenvalue weighted by Gasteiger charge is 2.35. The zero-order valence-electron chi connectivity index (χ0n) is 35.3. The molecule has 0 aliphatic rings. The predicted molar refractivity (Wildman–Crippen MR) is 240 cm³/mol. The lowest BCUT2D eigenvalue weighted by Crippen LogP contribution is -2.48. The van der Waals surface area contributed by atoms with E-state index in [0.29, 0.717) is 52.6 Å². The van der Waals surface area contributed by atoms with Crippen molar-refractivity contribution >= 4 is 42.5 Å². The highest BCUT2D eigenvalue weighted by atomic mass is 35.5. The van der Waals surface area contributed by atoms with Crippen LogP contribution < -0.4 is 38.7 Å². The third-order valence-electron chi connectivity index (χ3n) is 9.37. The van der Waals surface area contributed by atoms with Gasteiger partial charge >= 0.3 is 23.3 Å². The van der Waals surface area contributed by atoms with Gasteiger partial charge in [-0.1, -0.05) is 126 Å². The normalized spacial score (nSPS) is 10.5. The molecule has 2 heterocycles. The van der Waals surface area contributed by atoms with Gasteiger partial charge in [0.1, 0.15) is 11.5 Å². The minimum atomic E-state index is -2.23. The van der Waals surface area contributed by atoms with Crippen molar-refractivity contribution in [1.29, 1.82) is 0 Å². The van der Waals surface area contributed by atoms with Crippen LogP contribution in [-0.2, 0) is 10.1 Å². The molecule has 0 atom stereocenters. The summed E-state index contributed by atoms with van der Waals surface area (Å²) in [7, 11) is -2.23. The van der Waals surface area contributed by atoms with Gasteiger partial charge in [-0.3, -0.25) is 9.68 Å². The van der Waals surface area contributed by atoms with Gasteiger partial charge in [0.05, 0.1) is 7.32 Å². The summed E-state index contributed by atoms with van der Waals surface area (Å²) >= 11 is 11.7. The number of halogens is 2. The lowest BCUT2D eigenvalue weighted by Gasteiger charge is -2.37. The summed E-state index contributed by atoms with van der Waals surface area (Å²) in [5.74, 6) is -0.221. The number of carbonyl (C=O) groups excluding carboxylic acids is 2. The summed E-state index contributed by atoms with van der Waals surface area (Å²) in [5.41, 5.74) is 3.79. The Morgan fingerprint density at radius 3 is 1.30 bits per heavy atom. The van der Waals surface area contributed by atoms with E-state index >= 15 is 0 Å². The van der Waals surface area contributed by atoms with Crippen LogP contribution in [0.15, 0.2) is 188 Å². The van der Waals surface area contributed by atoms with Crippen molar-refractivity contribution in [2.45, 2.75) is 32.1 Å². The molecule has 0 radical (unpaired) electrons. The van der Waals surface area contributed by atoms with Crippen LogP contribution in [0, 0.1) is 0 Å². The Balaban J connectivity index is 0.000000184. The maximum atomic E-state index is 12.1. The van der Waals surface area contributed by atoms with Gasteiger partial charge in [0.15, 0.2) is 13.2 Å². The Bertz CT molecular complexity index is 2300. The molecule has 0 unspecified atom stereocenters. The van der Waals surface area contributed by atoms with Crippen molar-refractivity contribution in [2.24, 2.45) is 0 Å². The predicted octanol–water partition coefficient (Wildman–Crippen LogP) is 7.11. The maximum absolute atomic E-state index is 12.1. The Morgan fingerprint density at radius 2 is 0.938 bits per heavy atom. The molecule has 0 aliphatic carbocycles. The standard InChI is InChI=1S/C22H21BO3.2C14H13ClNO3/c24-23(25)26-18-10-17-22(19-11-4-1-5-12-19,20-13-6-2-7-14-20)21-15-8-3-9-16-21;2*1-2-18-16-9-4-3-8-13(16)14(17)19-12-7-5-6-11(15)10-12/h1-9,11-16H,10,17-18H2;2*3-10H,2H2,1H3/q-2;2*+1. The third-order valence-corrected chi connectivity index (χ3v) is 9.84. The fraction of sp³-hybridized carbons (Fsp3) is 0.160. The van der Waals surface area contributed by atoms with Crippen molar-refractivity contribution in [3.8, 4) is 11.5 Å². The molecule has 0 N–H and O–H groups in total. The van der Waals surface area contributed by atoms with Crippen LogP contribution in [0.3, 0.4) is 0 Å². The fourth-order valence-corrected chi connectivity index (χ4v) is 7.03. The smallest absolute Gasteiger partial charge is 0.414 e. The van der Waals surface area contributed by atoms with E-state index in [1.165, 1.54) is 26.2 Å². The van der Waals surface area contributed by atoms with E-state index < -0.39 is 19.3 Å². The van der Waals surface area contributed by atoms with Crippen LogP contribution in [0.4, 0.5) is 0 Å². The van der Waals surface area contributed by atoms with E-state index in [-0.39, 0.29) is 12.0 Å². The molecule has 0 aliphatic heterocycles. The molecule has 328 valence electrons. The van der Waals surface area contributed by atoms with Gasteiger partial charge in [-0.2, -0.15) is 0 Å². The fourth-order valence-electron chi connectivity index (χ4n) is 6.67. The SMILES string of the molecule is CCO[n+]1ccccc1C(=O)Oc1cccc(Cl)c1.CCO[n+]1ccccc1C(=O)Oc1cccc(Cl)c1.[O-]B([O-])OCCCC(c1ccccc1)(c1ccccc1)c1ccccc1. The van der Waals surface area contributed by atoms with E-state index in [0.717, 1.165) is 6.42 Å². The molecule has 7 aromatic rings. The van der Waals surface area contributed by atoms with Crippen LogP contribution in [0.25, 0.3) is 0 Å². The van der Waals surface area contributed by atoms with Crippen LogP contribution in [-0.4, -0.2) is 39.1 Å². The second-order valence-electron chi connectivity index (χ2n) is 13.6. The molecule has 0 fully saturated rings. The number of hydrogen-bond acceptors (Lipinski definition) is 9. The van der Waals surface area contributed by atoms with E-state index in [1.807, 2.05) is 68.4 Å². The second kappa shape index (κ2) is 25.5. The highest BCUT2D eigenvalue weighted by molar-refractivity contribution is 6.31. The number of rotatable bonds is 16. The number of pyridine rings is 2. The molecule has 14 heteroatoms. The molecule has 0 saturated heterocycles. The van der Waals surface area contributed by atoms with Crippen LogP contribution in [0.1, 0.15) is 64.4 Å². The van der Waals surface area contributed by atoms with Crippen LogP contribution >= 0.6 is 23.2 Å². The zero-order chi connectivity index (χ0) is 45.6. The quantitative estimate of drug-likeness (QED) is 0.0249. The van der Waals surface area contributed by atoms with Gasteiger partial charge in [-0.25, -0.2) is 9.59 Å². The van der Waals surface area contributed by atoms with Crippen molar-refractivity contribution in [2.75, 3.05) is 19.8 Å². The highest BCUT2D eigenvalue weighted by Crippen LogP contribution is 2.43. The van der Waals surface area contributed by atoms with E-state index in [1.54, 1.807) is 97.3 Å². The van der Waals surface area contributed by atoms with E-state index in [9.17, 15) is 19.6 Å². The summed E-state index contributed by atoms with van der Waals surface area (Å²) in [6, 6.07) is 54.6. The number of benzene rings is 5. The molecule has 7 rings (SSSR count). The number of aromatic nitrogens is 2. The van der Waals surface area contributed by atoms with Crippen molar-refractivity contribution in [3.05, 3.63) is 226 Å². The average Bonchev–Trinajstić information content (AvgIpc) is 3.31. The number of esters is 2. The molecule has 0 spiro atoms. The third kappa shape index (κ3) is 14.2. The number of hydrogen-bond donors (Lipinski definition) is 0.